The number of hydrogen-bond donors (Lipinski definition) is 0. The summed E-state index contributed by atoms with van der Waals surface area (Å²) in [5.74, 6) is 1.38. The maximum absolute atomic E-state index is 4.09. The van der Waals surface area contributed by atoms with Crippen molar-refractivity contribution in [2.24, 2.45) is 17.8 Å². The molecule has 1 saturated carbocycles. The van der Waals surface area contributed by atoms with E-state index in [-0.39, 0.29) is 0 Å². The lowest BCUT2D eigenvalue weighted by molar-refractivity contribution is 0.518. The monoisotopic (exact) mass is 162 g/mol. The molecule has 0 aromatic rings. The molecule has 1 rings (SSSR count). The molecule has 12 heavy (non-hydrogen) atoms. The Balaban J connectivity index is 2.99. The van der Waals surface area contributed by atoms with Gasteiger partial charge < -0.3 is 0 Å². The maximum Gasteiger partial charge on any atom is -0.00150 e. The van der Waals surface area contributed by atoms with E-state index < -0.39 is 0 Å². The van der Waals surface area contributed by atoms with Crippen LogP contribution in [0.25, 0.3) is 0 Å². The summed E-state index contributed by atoms with van der Waals surface area (Å²) < 4.78 is 0. The van der Waals surface area contributed by atoms with Crippen LogP contribution >= 0.6 is 0 Å². The van der Waals surface area contributed by atoms with Crippen molar-refractivity contribution in [1.82, 2.24) is 0 Å². The van der Waals surface area contributed by atoms with Gasteiger partial charge >= 0.3 is 0 Å². The van der Waals surface area contributed by atoms with Crippen molar-refractivity contribution in [2.75, 3.05) is 0 Å². The van der Waals surface area contributed by atoms with Gasteiger partial charge in [0.25, 0.3) is 0 Å². The van der Waals surface area contributed by atoms with Gasteiger partial charge in [-0.3, -0.25) is 0 Å². The first-order valence-corrected chi connectivity index (χ1v) is 4.52. The van der Waals surface area contributed by atoms with Crippen LogP contribution in [0.1, 0.15) is 20.8 Å². The summed E-state index contributed by atoms with van der Waals surface area (Å²) >= 11 is 0. The van der Waals surface area contributed by atoms with Gasteiger partial charge in [0.15, 0.2) is 0 Å². The van der Waals surface area contributed by atoms with Crippen molar-refractivity contribution < 1.29 is 0 Å². The summed E-state index contributed by atoms with van der Waals surface area (Å²) in [4.78, 5) is 0. The van der Waals surface area contributed by atoms with Gasteiger partial charge in [0.05, 0.1) is 0 Å². The van der Waals surface area contributed by atoms with Crippen LogP contribution in [0.15, 0.2) is 36.5 Å². The summed E-state index contributed by atoms with van der Waals surface area (Å²) in [7, 11) is 0. The van der Waals surface area contributed by atoms with Gasteiger partial charge in [-0.1, -0.05) is 57.2 Å². The Morgan fingerprint density at radius 1 is 0.667 bits per heavy atom. The summed E-state index contributed by atoms with van der Waals surface area (Å²) in [6, 6.07) is 0. The predicted molar refractivity (Wildman–Crippen MR) is 54.9 cm³/mol. The largest absolute Gasteiger partial charge is 0.0987 e. The first-order chi connectivity index (χ1) is 5.46. The zero-order valence-electron chi connectivity index (χ0n) is 8.35. The Kier molecular flexibility index (Phi) is 2.27. The van der Waals surface area contributed by atoms with E-state index in [9.17, 15) is 0 Å². The molecule has 1 fully saturated rings. The molecule has 0 aliphatic heterocycles. The fourth-order valence-corrected chi connectivity index (χ4v) is 1.84. The van der Waals surface area contributed by atoms with Crippen LogP contribution in [0.3, 0.4) is 0 Å². The minimum Gasteiger partial charge on any atom is -0.0987 e. The highest BCUT2D eigenvalue weighted by Crippen LogP contribution is 2.42. The fourth-order valence-electron chi connectivity index (χ4n) is 1.84. The topological polar surface area (TPSA) is 0 Å². The summed E-state index contributed by atoms with van der Waals surface area (Å²) in [6.45, 7) is 18.8. The Bertz CT molecular complexity index is 184. The van der Waals surface area contributed by atoms with Crippen molar-refractivity contribution in [2.45, 2.75) is 20.8 Å². The summed E-state index contributed by atoms with van der Waals surface area (Å²) in [5, 5.41) is 0. The lowest BCUT2D eigenvalue weighted by Crippen LogP contribution is -2.24. The van der Waals surface area contributed by atoms with Crippen molar-refractivity contribution in [3.8, 4) is 0 Å². The molecule has 0 amide bonds. The molecule has 0 bridgehead atoms. The first-order valence-electron chi connectivity index (χ1n) is 4.52. The molecule has 0 N–H and O–H groups in total. The first kappa shape index (κ1) is 9.31. The van der Waals surface area contributed by atoms with E-state index in [1.807, 2.05) is 0 Å². The predicted octanol–water partition coefficient (Wildman–Crippen LogP) is 3.58. The van der Waals surface area contributed by atoms with E-state index in [0.717, 1.165) is 0 Å². The standard InChI is InChI=1S/C12H18/c1-7-8(2)10(4)12(6)11(5)9(7)3/h8-9,12H,1,4-5H2,2-3,6H3. The molecule has 0 unspecified atom stereocenters. The van der Waals surface area contributed by atoms with Crippen LogP contribution in [-0.2, 0) is 0 Å². The molecule has 0 heterocycles. The van der Waals surface area contributed by atoms with Crippen LogP contribution < -0.4 is 0 Å². The smallest absolute Gasteiger partial charge is 0.00150 e. The normalized spacial score (nSPS) is 37.2. The van der Waals surface area contributed by atoms with Crippen LogP contribution in [0.2, 0.25) is 0 Å². The molecule has 0 radical (unpaired) electrons. The Morgan fingerprint density at radius 2 is 0.833 bits per heavy atom. The molecule has 0 aromatic heterocycles. The van der Waals surface area contributed by atoms with Gasteiger partial charge in [-0.25, -0.2) is 0 Å². The van der Waals surface area contributed by atoms with Crippen molar-refractivity contribution in [1.29, 1.82) is 0 Å². The van der Waals surface area contributed by atoms with Gasteiger partial charge in [0.2, 0.25) is 0 Å². The number of rotatable bonds is 0. The number of allylic oxidation sites excluding steroid dienone is 3. The highest BCUT2D eigenvalue weighted by atomic mass is 14.3. The van der Waals surface area contributed by atoms with E-state index in [4.69, 9.17) is 0 Å². The molecular weight excluding hydrogens is 144 g/mol. The molecule has 0 spiro atoms. The molecule has 0 saturated heterocycles. The zero-order valence-corrected chi connectivity index (χ0v) is 8.35. The fraction of sp³-hybridized carbons (Fsp3) is 0.500. The van der Waals surface area contributed by atoms with Crippen LogP contribution in [0, 0.1) is 17.8 Å². The maximum atomic E-state index is 4.09. The van der Waals surface area contributed by atoms with Gasteiger partial charge in [-0.05, 0) is 17.8 Å². The van der Waals surface area contributed by atoms with E-state index in [1.165, 1.54) is 16.7 Å². The SMILES string of the molecule is C=C1C(C)C(=C)C(C)C(=C)C1C. The van der Waals surface area contributed by atoms with E-state index in [2.05, 4.69) is 40.5 Å². The van der Waals surface area contributed by atoms with Crippen LogP contribution in [-0.4, -0.2) is 0 Å². The van der Waals surface area contributed by atoms with Gasteiger partial charge in [-0.15, -0.1) is 0 Å². The van der Waals surface area contributed by atoms with Gasteiger partial charge in [0.1, 0.15) is 0 Å². The lowest BCUT2D eigenvalue weighted by atomic mass is 9.69. The second kappa shape index (κ2) is 2.93. The second-order valence-electron chi connectivity index (χ2n) is 3.89. The summed E-state index contributed by atoms with van der Waals surface area (Å²) in [5.41, 5.74) is 3.80. The van der Waals surface area contributed by atoms with E-state index >= 15 is 0 Å². The van der Waals surface area contributed by atoms with Crippen molar-refractivity contribution >= 4 is 0 Å². The second-order valence-corrected chi connectivity index (χ2v) is 3.89. The van der Waals surface area contributed by atoms with Gasteiger partial charge in [-0.2, -0.15) is 0 Å². The molecule has 0 nitrogen and oxygen atoms in total. The van der Waals surface area contributed by atoms with Crippen molar-refractivity contribution in [3.63, 3.8) is 0 Å². The molecule has 0 aromatic carbocycles. The highest BCUT2D eigenvalue weighted by Gasteiger charge is 2.30. The third-order valence-electron chi connectivity index (χ3n) is 3.34. The Morgan fingerprint density at radius 3 is 1.00 bits per heavy atom. The average Bonchev–Trinajstić information content (AvgIpc) is 2.08. The molecule has 66 valence electrons. The summed E-state index contributed by atoms with van der Waals surface area (Å²) in [6.07, 6.45) is 0. The van der Waals surface area contributed by atoms with Crippen LogP contribution in [0.5, 0.6) is 0 Å². The molecule has 1 aliphatic rings. The van der Waals surface area contributed by atoms with E-state index in [1.54, 1.807) is 0 Å². The molecule has 0 heteroatoms. The minimum absolute atomic E-state index is 0.459. The third kappa shape index (κ3) is 1.16. The zero-order chi connectivity index (χ0) is 9.46. The van der Waals surface area contributed by atoms with Crippen molar-refractivity contribution in [3.05, 3.63) is 36.5 Å². The molecule has 0 atom stereocenters. The Hall–Kier alpha value is -0.780. The average molecular weight is 162 g/mol. The third-order valence-corrected chi connectivity index (χ3v) is 3.34. The quantitative estimate of drug-likeness (QED) is 0.478. The lowest BCUT2D eigenvalue weighted by Gasteiger charge is -2.36. The van der Waals surface area contributed by atoms with Gasteiger partial charge in [0, 0.05) is 0 Å². The van der Waals surface area contributed by atoms with E-state index in [0.29, 0.717) is 17.8 Å². The molecule has 1 aliphatic carbocycles. The molecular formula is C12H18. The Labute approximate surface area is 75.7 Å². The van der Waals surface area contributed by atoms with Crippen LogP contribution in [0.4, 0.5) is 0 Å². The number of hydrogen-bond acceptors (Lipinski definition) is 0. The minimum atomic E-state index is 0.459. The highest BCUT2D eigenvalue weighted by molar-refractivity contribution is 5.35.